The second-order valence-corrected chi connectivity index (χ2v) is 6.12. The van der Waals surface area contributed by atoms with Gasteiger partial charge in [-0.05, 0) is 31.2 Å². The Balaban J connectivity index is 1.74. The molecule has 0 radical (unpaired) electrons. The summed E-state index contributed by atoms with van der Waals surface area (Å²) in [6, 6.07) is 16.9. The summed E-state index contributed by atoms with van der Waals surface area (Å²) in [4.78, 5) is 24.7. The van der Waals surface area contributed by atoms with E-state index < -0.39 is 30.4 Å². The highest BCUT2D eigenvalue weighted by Crippen LogP contribution is 2.25. The fourth-order valence-electron chi connectivity index (χ4n) is 2.81. The third-order valence-electron chi connectivity index (χ3n) is 4.10. The minimum Gasteiger partial charge on any atom is -0.455 e. The van der Waals surface area contributed by atoms with E-state index in [4.69, 9.17) is 14.2 Å². The van der Waals surface area contributed by atoms with Gasteiger partial charge in [0.2, 0.25) is 0 Å². The number of aliphatic hydroxyl groups excluding tert-OH is 1. The predicted octanol–water partition coefficient (Wildman–Crippen LogP) is 2.56. The number of hydrogen-bond acceptors (Lipinski definition) is 6. The van der Waals surface area contributed by atoms with Gasteiger partial charge in [0, 0.05) is 6.42 Å². The van der Waals surface area contributed by atoms with E-state index in [1.807, 2.05) is 0 Å². The Morgan fingerprint density at radius 2 is 1.42 bits per heavy atom. The summed E-state index contributed by atoms with van der Waals surface area (Å²) in [5.74, 6) is -1.16. The first kappa shape index (κ1) is 18.1. The van der Waals surface area contributed by atoms with Crippen LogP contribution in [0.25, 0.3) is 0 Å². The highest BCUT2D eigenvalue weighted by Gasteiger charge is 2.42. The molecular formula is C20H20O6. The second-order valence-electron chi connectivity index (χ2n) is 6.12. The molecule has 0 spiro atoms. The molecule has 1 aliphatic heterocycles. The molecule has 0 unspecified atom stereocenters. The Hall–Kier alpha value is -2.70. The van der Waals surface area contributed by atoms with Crippen LogP contribution in [-0.2, 0) is 14.2 Å². The van der Waals surface area contributed by atoms with E-state index in [-0.39, 0.29) is 6.10 Å². The quantitative estimate of drug-likeness (QED) is 0.848. The molecule has 1 heterocycles. The molecule has 4 atom stereocenters. The lowest BCUT2D eigenvalue weighted by Crippen LogP contribution is -2.51. The topological polar surface area (TPSA) is 82.1 Å². The number of esters is 2. The molecule has 0 aliphatic carbocycles. The van der Waals surface area contributed by atoms with Crippen LogP contribution in [0.1, 0.15) is 34.1 Å². The van der Waals surface area contributed by atoms with Gasteiger partial charge in [-0.25, -0.2) is 9.59 Å². The van der Waals surface area contributed by atoms with Crippen LogP contribution in [0.5, 0.6) is 0 Å². The molecule has 2 aromatic carbocycles. The number of rotatable bonds is 4. The maximum atomic E-state index is 12.3. The van der Waals surface area contributed by atoms with Crippen molar-refractivity contribution in [3.63, 3.8) is 0 Å². The lowest BCUT2D eigenvalue weighted by atomic mass is 10.0. The van der Waals surface area contributed by atoms with Crippen molar-refractivity contribution in [2.75, 3.05) is 0 Å². The van der Waals surface area contributed by atoms with Crippen molar-refractivity contribution in [3.05, 3.63) is 71.8 Å². The largest absolute Gasteiger partial charge is 0.455 e. The molecule has 1 fully saturated rings. The van der Waals surface area contributed by atoms with Crippen LogP contribution in [0, 0.1) is 0 Å². The average molecular weight is 356 g/mol. The van der Waals surface area contributed by atoms with Crippen molar-refractivity contribution in [2.24, 2.45) is 0 Å². The SMILES string of the molecule is C[C@H]1C[C@@H](OC(=O)c2ccccc2)[C@H](OC(=O)c2ccccc2)[C@H](O)O1. The van der Waals surface area contributed by atoms with Gasteiger partial charge in [0.1, 0.15) is 6.10 Å². The maximum absolute atomic E-state index is 12.3. The molecular weight excluding hydrogens is 336 g/mol. The van der Waals surface area contributed by atoms with Crippen LogP contribution in [0.15, 0.2) is 60.7 Å². The van der Waals surface area contributed by atoms with E-state index in [0.717, 1.165) is 0 Å². The molecule has 0 bridgehead atoms. The summed E-state index contributed by atoms with van der Waals surface area (Å²) in [5.41, 5.74) is 0.723. The summed E-state index contributed by atoms with van der Waals surface area (Å²) in [6.45, 7) is 1.75. The Bertz CT molecular complexity index is 745. The van der Waals surface area contributed by atoms with Crippen molar-refractivity contribution in [1.29, 1.82) is 0 Å². The van der Waals surface area contributed by atoms with E-state index in [1.54, 1.807) is 67.6 Å². The van der Waals surface area contributed by atoms with Crippen molar-refractivity contribution >= 4 is 11.9 Å². The normalized spacial score (nSPS) is 25.3. The molecule has 1 N–H and O–H groups in total. The van der Waals surface area contributed by atoms with Crippen LogP contribution >= 0.6 is 0 Å². The molecule has 136 valence electrons. The summed E-state index contributed by atoms with van der Waals surface area (Å²) < 4.78 is 16.2. The first-order chi connectivity index (χ1) is 12.5. The molecule has 6 heteroatoms. The van der Waals surface area contributed by atoms with Crippen molar-refractivity contribution in [1.82, 2.24) is 0 Å². The number of aliphatic hydroxyl groups is 1. The van der Waals surface area contributed by atoms with Gasteiger partial charge in [-0.2, -0.15) is 0 Å². The third kappa shape index (κ3) is 4.28. The summed E-state index contributed by atoms with van der Waals surface area (Å²) >= 11 is 0. The molecule has 26 heavy (non-hydrogen) atoms. The van der Waals surface area contributed by atoms with E-state index >= 15 is 0 Å². The molecule has 0 amide bonds. The number of benzene rings is 2. The van der Waals surface area contributed by atoms with Gasteiger partial charge in [-0.3, -0.25) is 0 Å². The van der Waals surface area contributed by atoms with Crippen LogP contribution in [0.3, 0.4) is 0 Å². The maximum Gasteiger partial charge on any atom is 0.338 e. The Labute approximate surface area is 151 Å². The number of carbonyl (C=O) groups is 2. The van der Waals surface area contributed by atoms with Crippen LogP contribution in [-0.4, -0.2) is 41.6 Å². The van der Waals surface area contributed by atoms with Gasteiger partial charge in [0.15, 0.2) is 12.4 Å². The molecule has 6 nitrogen and oxygen atoms in total. The van der Waals surface area contributed by atoms with Crippen LogP contribution in [0.4, 0.5) is 0 Å². The fourth-order valence-corrected chi connectivity index (χ4v) is 2.81. The van der Waals surface area contributed by atoms with Gasteiger partial charge in [-0.15, -0.1) is 0 Å². The average Bonchev–Trinajstić information content (AvgIpc) is 2.65. The molecule has 1 saturated heterocycles. The smallest absolute Gasteiger partial charge is 0.338 e. The first-order valence-electron chi connectivity index (χ1n) is 8.40. The highest BCUT2D eigenvalue weighted by atomic mass is 16.7. The summed E-state index contributed by atoms with van der Waals surface area (Å²) in [5, 5.41) is 10.2. The fraction of sp³-hybridized carbons (Fsp3) is 0.300. The van der Waals surface area contributed by atoms with Gasteiger partial charge in [-0.1, -0.05) is 36.4 Å². The van der Waals surface area contributed by atoms with Crippen molar-refractivity contribution in [3.8, 4) is 0 Å². The Kier molecular flexibility index (Phi) is 5.65. The summed E-state index contributed by atoms with van der Waals surface area (Å²) in [6.07, 6.45) is -3.33. The molecule has 3 rings (SSSR count). The standard InChI is InChI=1S/C20H20O6/c1-13-12-16(25-18(21)14-8-4-2-5-9-14)17(20(23)24-13)26-19(22)15-10-6-3-7-11-15/h2-11,13,16-17,20,23H,12H2,1H3/t13-,16+,17-,20+/m0/s1. The summed E-state index contributed by atoms with van der Waals surface area (Å²) in [7, 11) is 0. The predicted molar refractivity (Wildman–Crippen MR) is 92.5 cm³/mol. The lowest BCUT2D eigenvalue weighted by molar-refractivity contribution is -0.242. The van der Waals surface area contributed by atoms with Crippen molar-refractivity contribution in [2.45, 2.75) is 37.9 Å². The van der Waals surface area contributed by atoms with E-state index in [1.165, 1.54) is 0 Å². The van der Waals surface area contributed by atoms with Gasteiger partial charge in [0.25, 0.3) is 0 Å². The molecule has 2 aromatic rings. The molecule has 0 aromatic heterocycles. The Morgan fingerprint density at radius 1 is 0.923 bits per heavy atom. The zero-order valence-corrected chi connectivity index (χ0v) is 14.3. The van der Waals surface area contributed by atoms with Gasteiger partial charge >= 0.3 is 11.9 Å². The minimum absolute atomic E-state index is 0.308. The van der Waals surface area contributed by atoms with Crippen molar-refractivity contribution < 1.29 is 28.9 Å². The Morgan fingerprint density at radius 3 is 1.96 bits per heavy atom. The van der Waals surface area contributed by atoms with E-state index in [2.05, 4.69) is 0 Å². The van der Waals surface area contributed by atoms with Crippen LogP contribution < -0.4 is 0 Å². The molecule has 1 aliphatic rings. The first-order valence-corrected chi connectivity index (χ1v) is 8.40. The number of hydrogen-bond donors (Lipinski definition) is 1. The zero-order valence-electron chi connectivity index (χ0n) is 14.3. The van der Waals surface area contributed by atoms with E-state index in [0.29, 0.717) is 17.5 Å². The van der Waals surface area contributed by atoms with Gasteiger partial charge in [0.05, 0.1) is 17.2 Å². The molecule has 0 saturated carbocycles. The number of ether oxygens (including phenoxy) is 3. The zero-order chi connectivity index (χ0) is 18.5. The minimum atomic E-state index is -1.38. The van der Waals surface area contributed by atoms with Crippen LogP contribution in [0.2, 0.25) is 0 Å². The van der Waals surface area contributed by atoms with Gasteiger partial charge < -0.3 is 19.3 Å². The second kappa shape index (κ2) is 8.12. The van der Waals surface area contributed by atoms with E-state index in [9.17, 15) is 14.7 Å². The monoisotopic (exact) mass is 356 g/mol. The highest BCUT2D eigenvalue weighted by molar-refractivity contribution is 5.90. The number of carbonyl (C=O) groups excluding carboxylic acids is 2. The third-order valence-corrected chi connectivity index (χ3v) is 4.10. The lowest BCUT2D eigenvalue weighted by Gasteiger charge is -2.37.